The zero-order valence-electron chi connectivity index (χ0n) is 12.3. The number of fused-ring (bicyclic) bond motifs is 2. The number of rotatable bonds is 3. The van der Waals surface area contributed by atoms with Crippen LogP contribution in [-0.4, -0.2) is 16.3 Å². The highest BCUT2D eigenvalue weighted by atomic mass is 16.7. The van der Waals surface area contributed by atoms with E-state index >= 15 is 0 Å². The van der Waals surface area contributed by atoms with Crippen LogP contribution in [0, 0.1) is 6.92 Å². The Morgan fingerprint density at radius 1 is 1.18 bits per heavy atom. The summed E-state index contributed by atoms with van der Waals surface area (Å²) in [5.74, 6) is 2.51. The number of aromatic nitrogens is 2. The van der Waals surface area contributed by atoms with Crippen molar-refractivity contribution < 1.29 is 9.47 Å². The van der Waals surface area contributed by atoms with Crippen LogP contribution in [0.4, 0.5) is 0 Å². The molecular weight excluding hydrogens is 278 g/mol. The molecule has 1 atom stereocenters. The molecule has 0 spiro atoms. The predicted octanol–water partition coefficient (Wildman–Crippen LogP) is 2.77. The number of hydrogen-bond acceptors (Lipinski definition) is 4. The van der Waals surface area contributed by atoms with Gasteiger partial charge in [0, 0.05) is 12.6 Å². The van der Waals surface area contributed by atoms with E-state index in [4.69, 9.17) is 15.2 Å². The molecule has 1 unspecified atom stereocenters. The minimum Gasteiger partial charge on any atom is -0.454 e. The quantitative estimate of drug-likeness (QED) is 0.807. The lowest BCUT2D eigenvalue weighted by molar-refractivity contribution is 0.174. The van der Waals surface area contributed by atoms with Crippen LogP contribution in [0.5, 0.6) is 11.5 Å². The number of para-hydroxylation sites is 2. The maximum atomic E-state index is 6.40. The number of benzene rings is 2. The van der Waals surface area contributed by atoms with E-state index in [1.165, 1.54) is 0 Å². The molecule has 4 rings (SSSR count). The van der Waals surface area contributed by atoms with E-state index in [1.807, 2.05) is 43.3 Å². The summed E-state index contributed by atoms with van der Waals surface area (Å²) in [5.41, 5.74) is 9.53. The molecule has 0 saturated heterocycles. The number of nitrogens with zero attached hydrogens (tertiary/aromatic N) is 2. The molecule has 22 heavy (non-hydrogen) atoms. The van der Waals surface area contributed by atoms with Crippen LogP contribution in [0.3, 0.4) is 0 Å². The molecule has 1 aromatic heterocycles. The van der Waals surface area contributed by atoms with Gasteiger partial charge in [-0.15, -0.1) is 0 Å². The Balaban J connectivity index is 1.66. The highest BCUT2D eigenvalue weighted by Crippen LogP contribution is 2.34. The average molecular weight is 295 g/mol. The van der Waals surface area contributed by atoms with Crippen molar-refractivity contribution in [2.24, 2.45) is 5.73 Å². The fourth-order valence-corrected chi connectivity index (χ4v) is 2.87. The lowest BCUT2D eigenvalue weighted by atomic mass is 10.1. The largest absolute Gasteiger partial charge is 0.454 e. The maximum Gasteiger partial charge on any atom is 0.231 e. The average Bonchev–Trinajstić information content (AvgIpc) is 3.11. The van der Waals surface area contributed by atoms with Crippen molar-refractivity contribution in [1.29, 1.82) is 0 Å². The van der Waals surface area contributed by atoms with E-state index in [2.05, 4.69) is 15.6 Å². The number of imidazole rings is 1. The number of hydrogen-bond donors (Lipinski definition) is 1. The number of aryl methyl sites for hydroxylation is 1. The zero-order valence-corrected chi connectivity index (χ0v) is 12.3. The van der Waals surface area contributed by atoms with Crippen molar-refractivity contribution in [1.82, 2.24) is 9.55 Å². The van der Waals surface area contributed by atoms with Crippen molar-refractivity contribution in [3.05, 3.63) is 53.9 Å². The standard InChI is InChI=1S/C17H17N3O2/c1-11-19-14-4-2-3-5-15(14)20(11)9-13(18)12-6-7-16-17(8-12)22-10-21-16/h2-8,13H,9-10,18H2,1H3. The van der Waals surface area contributed by atoms with Crippen LogP contribution >= 0.6 is 0 Å². The molecule has 0 fully saturated rings. The number of ether oxygens (including phenoxy) is 2. The highest BCUT2D eigenvalue weighted by molar-refractivity contribution is 5.75. The molecule has 3 aromatic rings. The summed E-state index contributed by atoms with van der Waals surface area (Å²) in [6.07, 6.45) is 0. The Morgan fingerprint density at radius 3 is 2.91 bits per heavy atom. The van der Waals surface area contributed by atoms with Crippen LogP contribution < -0.4 is 15.2 Å². The van der Waals surface area contributed by atoms with E-state index in [0.29, 0.717) is 6.54 Å². The van der Waals surface area contributed by atoms with Gasteiger partial charge < -0.3 is 19.8 Å². The second-order valence-electron chi connectivity index (χ2n) is 5.48. The second-order valence-corrected chi connectivity index (χ2v) is 5.48. The van der Waals surface area contributed by atoms with Crippen LogP contribution in [-0.2, 0) is 6.54 Å². The minimum atomic E-state index is -0.134. The molecule has 2 N–H and O–H groups in total. The molecule has 5 nitrogen and oxygen atoms in total. The van der Waals surface area contributed by atoms with Gasteiger partial charge in [0.25, 0.3) is 0 Å². The van der Waals surface area contributed by atoms with Gasteiger partial charge in [0.2, 0.25) is 6.79 Å². The second kappa shape index (κ2) is 5.03. The Hall–Kier alpha value is -2.53. The third-order valence-electron chi connectivity index (χ3n) is 4.05. The first kappa shape index (κ1) is 13.2. The van der Waals surface area contributed by atoms with E-state index in [0.717, 1.165) is 33.9 Å². The molecule has 1 aliphatic rings. The van der Waals surface area contributed by atoms with E-state index in [1.54, 1.807) is 0 Å². The normalized spacial score (nSPS) is 14.5. The Morgan fingerprint density at radius 2 is 2.00 bits per heavy atom. The van der Waals surface area contributed by atoms with Crippen molar-refractivity contribution >= 4 is 11.0 Å². The van der Waals surface area contributed by atoms with E-state index in [9.17, 15) is 0 Å². The van der Waals surface area contributed by atoms with Gasteiger partial charge in [0.1, 0.15) is 5.82 Å². The van der Waals surface area contributed by atoms with Gasteiger partial charge in [-0.2, -0.15) is 0 Å². The third kappa shape index (κ3) is 2.10. The highest BCUT2D eigenvalue weighted by Gasteiger charge is 2.17. The molecular formula is C17H17N3O2. The lowest BCUT2D eigenvalue weighted by Crippen LogP contribution is -2.18. The van der Waals surface area contributed by atoms with Gasteiger partial charge in [-0.3, -0.25) is 0 Å². The van der Waals surface area contributed by atoms with Gasteiger partial charge in [-0.1, -0.05) is 18.2 Å². The van der Waals surface area contributed by atoms with Crippen LogP contribution in [0.15, 0.2) is 42.5 Å². The monoisotopic (exact) mass is 295 g/mol. The summed E-state index contributed by atoms with van der Waals surface area (Å²) in [4.78, 5) is 4.58. The zero-order chi connectivity index (χ0) is 15.1. The lowest BCUT2D eigenvalue weighted by Gasteiger charge is -2.15. The summed E-state index contributed by atoms with van der Waals surface area (Å²) in [5, 5.41) is 0. The Kier molecular flexibility index (Phi) is 3.01. The predicted molar refractivity (Wildman–Crippen MR) is 84.0 cm³/mol. The molecule has 0 aliphatic carbocycles. The van der Waals surface area contributed by atoms with Crippen molar-refractivity contribution in [3.63, 3.8) is 0 Å². The van der Waals surface area contributed by atoms with Crippen LogP contribution in [0.2, 0.25) is 0 Å². The smallest absolute Gasteiger partial charge is 0.231 e. The summed E-state index contributed by atoms with van der Waals surface area (Å²) in [6.45, 7) is 2.96. The maximum absolute atomic E-state index is 6.40. The number of nitrogens with two attached hydrogens (primary N) is 1. The molecule has 1 aliphatic heterocycles. The summed E-state index contributed by atoms with van der Waals surface area (Å²) in [7, 11) is 0. The Bertz CT molecular complexity index is 841. The molecule has 112 valence electrons. The van der Waals surface area contributed by atoms with Crippen molar-refractivity contribution in [2.75, 3.05) is 6.79 Å². The fourth-order valence-electron chi connectivity index (χ4n) is 2.87. The molecule has 0 saturated carbocycles. The fraction of sp³-hybridized carbons (Fsp3) is 0.235. The van der Waals surface area contributed by atoms with E-state index in [-0.39, 0.29) is 12.8 Å². The first-order valence-corrected chi connectivity index (χ1v) is 7.29. The van der Waals surface area contributed by atoms with E-state index < -0.39 is 0 Å². The van der Waals surface area contributed by atoms with Crippen molar-refractivity contribution in [2.45, 2.75) is 19.5 Å². The van der Waals surface area contributed by atoms with Gasteiger partial charge in [-0.25, -0.2) is 4.98 Å². The van der Waals surface area contributed by atoms with Crippen LogP contribution in [0.25, 0.3) is 11.0 Å². The SMILES string of the molecule is Cc1nc2ccccc2n1CC(N)c1ccc2c(c1)OCO2. The topological polar surface area (TPSA) is 62.3 Å². The summed E-state index contributed by atoms with van der Waals surface area (Å²) < 4.78 is 12.9. The molecule has 5 heteroatoms. The van der Waals surface area contributed by atoms with Gasteiger partial charge in [0.15, 0.2) is 11.5 Å². The molecule has 0 amide bonds. The first-order chi connectivity index (χ1) is 10.7. The Labute approximate surface area is 128 Å². The van der Waals surface area contributed by atoms with Gasteiger partial charge in [0.05, 0.1) is 11.0 Å². The molecule has 2 aromatic carbocycles. The van der Waals surface area contributed by atoms with Gasteiger partial charge >= 0.3 is 0 Å². The summed E-state index contributed by atoms with van der Waals surface area (Å²) in [6, 6.07) is 13.8. The third-order valence-corrected chi connectivity index (χ3v) is 4.05. The van der Waals surface area contributed by atoms with Crippen molar-refractivity contribution in [3.8, 4) is 11.5 Å². The molecule has 0 radical (unpaired) electrons. The minimum absolute atomic E-state index is 0.134. The van der Waals surface area contributed by atoms with Gasteiger partial charge in [-0.05, 0) is 36.8 Å². The summed E-state index contributed by atoms with van der Waals surface area (Å²) >= 11 is 0. The molecule has 2 heterocycles. The molecule has 0 bridgehead atoms. The van der Waals surface area contributed by atoms with Crippen LogP contribution in [0.1, 0.15) is 17.4 Å². The first-order valence-electron chi connectivity index (χ1n) is 7.29.